The summed E-state index contributed by atoms with van der Waals surface area (Å²) < 4.78 is 11.1. The monoisotopic (exact) mass is 413 g/mol. The molecule has 0 spiro atoms. The van der Waals surface area contributed by atoms with Gasteiger partial charge in [-0.05, 0) is 38.0 Å². The molecular weight excluding hydrogens is 382 g/mol. The van der Waals surface area contributed by atoms with Gasteiger partial charge in [0.2, 0.25) is 0 Å². The maximum atomic E-state index is 9.91. The van der Waals surface area contributed by atoms with Crippen LogP contribution in [-0.2, 0) is 4.74 Å². The zero-order valence-electron chi connectivity index (χ0n) is 18.3. The normalized spacial score (nSPS) is 13.6. The van der Waals surface area contributed by atoms with E-state index in [0.717, 1.165) is 34.7 Å². The Kier molecular flexibility index (Phi) is 7.23. The van der Waals surface area contributed by atoms with Crippen LogP contribution in [0.25, 0.3) is 22.3 Å². The van der Waals surface area contributed by atoms with E-state index in [1.165, 1.54) is 0 Å². The van der Waals surface area contributed by atoms with Gasteiger partial charge in [-0.2, -0.15) is 5.10 Å². The van der Waals surface area contributed by atoms with Crippen LogP contribution in [0.3, 0.4) is 0 Å². The average molecular weight is 414 g/mol. The van der Waals surface area contributed by atoms with Crippen molar-refractivity contribution in [1.82, 2.24) is 20.2 Å². The lowest BCUT2D eigenvalue weighted by Crippen LogP contribution is -2.34. The standard InChI is InChI=1S/C22H31N5O3/c1-14(2)10-27(11-15(3)28)21-9-20(23-13-24-21)22-18-8-17(30-16(4)12-29-5)6-7-19(18)25-26-22/h6-9,13-16,28H,10-12H2,1-5H3,(H,25,26)/t15-,16+/m1/s1. The first-order valence-electron chi connectivity index (χ1n) is 10.3. The first-order valence-corrected chi connectivity index (χ1v) is 10.3. The quantitative estimate of drug-likeness (QED) is 0.526. The second kappa shape index (κ2) is 9.86. The molecule has 1 aromatic carbocycles. The molecule has 0 aliphatic carbocycles. The number of aliphatic hydroxyl groups is 1. The number of anilines is 1. The summed E-state index contributed by atoms with van der Waals surface area (Å²) in [7, 11) is 1.66. The molecule has 0 bridgehead atoms. The molecule has 30 heavy (non-hydrogen) atoms. The van der Waals surface area contributed by atoms with Crippen molar-refractivity contribution in [3.8, 4) is 17.1 Å². The smallest absolute Gasteiger partial charge is 0.132 e. The first-order chi connectivity index (χ1) is 14.4. The number of hydrogen-bond acceptors (Lipinski definition) is 7. The summed E-state index contributed by atoms with van der Waals surface area (Å²) in [5.41, 5.74) is 2.35. The van der Waals surface area contributed by atoms with Crippen LogP contribution in [-0.4, -0.2) is 64.3 Å². The van der Waals surface area contributed by atoms with Gasteiger partial charge in [-0.1, -0.05) is 13.8 Å². The highest BCUT2D eigenvalue weighted by molar-refractivity contribution is 5.93. The van der Waals surface area contributed by atoms with Crippen LogP contribution in [0, 0.1) is 5.92 Å². The fourth-order valence-corrected chi connectivity index (χ4v) is 3.43. The molecule has 0 radical (unpaired) electrons. The van der Waals surface area contributed by atoms with Crippen LogP contribution in [0.5, 0.6) is 5.75 Å². The number of fused-ring (bicyclic) bond motifs is 1. The van der Waals surface area contributed by atoms with E-state index in [0.29, 0.717) is 24.8 Å². The van der Waals surface area contributed by atoms with Gasteiger partial charge in [0.05, 0.1) is 23.9 Å². The fourth-order valence-electron chi connectivity index (χ4n) is 3.43. The summed E-state index contributed by atoms with van der Waals surface area (Å²) >= 11 is 0. The number of aliphatic hydroxyl groups excluding tert-OH is 1. The van der Waals surface area contributed by atoms with Gasteiger partial charge in [0.15, 0.2) is 0 Å². The van der Waals surface area contributed by atoms with E-state index in [2.05, 4.69) is 38.9 Å². The Labute approximate surface area is 177 Å². The van der Waals surface area contributed by atoms with Crippen LogP contribution in [0.4, 0.5) is 5.82 Å². The van der Waals surface area contributed by atoms with E-state index in [-0.39, 0.29) is 6.10 Å². The van der Waals surface area contributed by atoms with Crippen molar-refractivity contribution in [3.05, 3.63) is 30.6 Å². The van der Waals surface area contributed by atoms with Gasteiger partial charge in [0.25, 0.3) is 0 Å². The maximum absolute atomic E-state index is 9.91. The van der Waals surface area contributed by atoms with Crippen LogP contribution >= 0.6 is 0 Å². The molecule has 0 unspecified atom stereocenters. The Morgan fingerprint density at radius 1 is 1.10 bits per heavy atom. The molecule has 8 nitrogen and oxygen atoms in total. The lowest BCUT2D eigenvalue weighted by molar-refractivity contribution is 0.0922. The Balaban J connectivity index is 1.94. The molecule has 0 saturated heterocycles. The van der Waals surface area contributed by atoms with Gasteiger partial charge in [-0.25, -0.2) is 9.97 Å². The third-order valence-corrected chi connectivity index (χ3v) is 4.56. The third kappa shape index (κ3) is 5.46. The minimum absolute atomic E-state index is 0.0569. The fraction of sp³-hybridized carbons (Fsp3) is 0.500. The van der Waals surface area contributed by atoms with E-state index in [1.807, 2.05) is 31.2 Å². The van der Waals surface area contributed by atoms with Crippen LogP contribution in [0.1, 0.15) is 27.7 Å². The van der Waals surface area contributed by atoms with Crippen LogP contribution < -0.4 is 9.64 Å². The highest BCUT2D eigenvalue weighted by Crippen LogP contribution is 2.30. The Morgan fingerprint density at radius 3 is 2.60 bits per heavy atom. The highest BCUT2D eigenvalue weighted by Gasteiger charge is 2.17. The highest BCUT2D eigenvalue weighted by atomic mass is 16.5. The number of H-pyrrole nitrogens is 1. The SMILES string of the molecule is COC[C@H](C)Oc1ccc2[nH]nc(-c3cc(N(CC(C)C)C[C@@H](C)O)ncn3)c2c1. The van der Waals surface area contributed by atoms with Crippen LogP contribution in [0.15, 0.2) is 30.6 Å². The summed E-state index contributed by atoms with van der Waals surface area (Å²) in [6.45, 7) is 9.84. The van der Waals surface area contributed by atoms with Gasteiger partial charge >= 0.3 is 0 Å². The minimum Gasteiger partial charge on any atom is -0.488 e. The summed E-state index contributed by atoms with van der Waals surface area (Å²) in [6.07, 6.45) is 1.03. The number of methoxy groups -OCH3 is 1. The van der Waals surface area contributed by atoms with Crippen LogP contribution in [0.2, 0.25) is 0 Å². The number of rotatable bonds is 10. The van der Waals surface area contributed by atoms with E-state index in [9.17, 15) is 5.11 Å². The topological polar surface area (TPSA) is 96.4 Å². The Morgan fingerprint density at radius 2 is 1.90 bits per heavy atom. The van der Waals surface area contributed by atoms with E-state index in [1.54, 1.807) is 20.4 Å². The predicted octanol–water partition coefficient (Wildman–Crippen LogP) is 3.28. The largest absolute Gasteiger partial charge is 0.488 e. The van der Waals surface area contributed by atoms with E-state index in [4.69, 9.17) is 9.47 Å². The van der Waals surface area contributed by atoms with Crippen molar-refractivity contribution in [1.29, 1.82) is 0 Å². The molecule has 2 atom stereocenters. The summed E-state index contributed by atoms with van der Waals surface area (Å²) in [6, 6.07) is 7.74. The molecule has 0 fully saturated rings. The zero-order chi connectivity index (χ0) is 21.7. The molecular formula is C22H31N5O3. The molecule has 2 N–H and O–H groups in total. The number of benzene rings is 1. The predicted molar refractivity (Wildman–Crippen MR) is 118 cm³/mol. The van der Waals surface area contributed by atoms with Gasteiger partial charge in [-0.3, -0.25) is 5.10 Å². The number of hydrogen-bond donors (Lipinski definition) is 2. The molecule has 162 valence electrons. The number of ether oxygens (including phenoxy) is 2. The minimum atomic E-state index is -0.456. The molecule has 8 heteroatoms. The molecule has 3 aromatic rings. The van der Waals surface area contributed by atoms with Crippen molar-refractivity contribution in [2.75, 3.05) is 31.7 Å². The lowest BCUT2D eigenvalue weighted by Gasteiger charge is -2.26. The van der Waals surface area contributed by atoms with Gasteiger partial charge in [0.1, 0.15) is 29.7 Å². The molecule has 2 aromatic heterocycles. The van der Waals surface area contributed by atoms with E-state index >= 15 is 0 Å². The van der Waals surface area contributed by atoms with Gasteiger partial charge in [0, 0.05) is 31.7 Å². The third-order valence-electron chi connectivity index (χ3n) is 4.56. The molecule has 2 heterocycles. The van der Waals surface area contributed by atoms with Crippen molar-refractivity contribution in [2.24, 2.45) is 5.92 Å². The second-order valence-electron chi connectivity index (χ2n) is 8.07. The molecule has 3 rings (SSSR count). The number of nitrogens with one attached hydrogen (secondary N) is 1. The summed E-state index contributed by atoms with van der Waals surface area (Å²) in [4.78, 5) is 11.0. The Bertz CT molecular complexity index is 947. The molecule has 0 aliphatic rings. The molecule has 0 saturated carbocycles. The average Bonchev–Trinajstić information content (AvgIpc) is 3.10. The van der Waals surface area contributed by atoms with Gasteiger partial charge in [-0.15, -0.1) is 0 Å². The lowest BCUT2D eigenvalue weighted by atomic mass is 10.1. The molecule has 0 amide bonds. The van der Waals surface area contributed by atoms with Crippen molar-refractivity contribution in [2.45, 2.75) is 39.9 Å². The Hall–Kier alpha value is -2.71. The van der Waals surface area contributed by atoms with Crippen molar-refractivity contribution in [3.63, 3.8) is 0 Å². The summed E-state index contributed by atoms with van der Waals surface area (Å²) in [5, 5.41) is 18.4. The van der Waals surface area contributed by atoms with Crippen molar-refractivity contribution < 1.29 is 14.6 Å². The zero-order valence-corrected chi connectivity index (χ0v) is 18.3. The van der Waals surface area contributed by atoms with Gasteiger partial charge < -0.3 is 19.5 Å². The van der Waals surface area contributed by atoms with Crippen molar-refractivity contribution >= 4 is 16.7 Å². The number of nitrogens with zero attached hydrogens (tertiary/aromatic N) is 4. The second-order valence-corrected chi connectivity index (χ2v) is 8.07. The summed E-state index contributed by atoms with van der Waals surface area (Å²) in [5.74, 6) is 1.95. The number of aromatic amines is 1. The number of aromatic nitrogens is 4. The van der Waals surface area contributed by atoms with E-state index < -0.39 is 6.10 Å². The molecule has 0 aliphatic heterocycles. The first kappa shape index (κ1) is 22.0. The maximum Gasteiger partial charge on any atom is 0.132 e.